The number of rotatable bonds is 3. The summed E-state index contributed by atoms with van der Waals surface area (Å²) >= 11 is 7.91. The molecule has 1 atom stereocenters. The molecule has 0 aliphatic carbocycles. The summed E-state index contributed by atoms with van der Waals surface area (Å²) in [7, 11) is 0. The van der Waals surface area contributed by atoms with Crippen LogP contribution in [-0.2, 0) is 0 Å². The summed E-state index contributed by atoms with van der Waals surface area (Å²) in [6.45, 7) is 0. The molecule has 2 rings (SSSR count). The molecular formula is C15H8ClFINO. The van der Waals surface area contributed by atoms with Crippen molar-refractivity contribution in [2.24, 2.45) is 0 Å². The molecule has 1 unspecified atom stereocenters. The summed E-state index contributed by atoms with van der Waals surface area (Å²) in [5.74, 6) is -1.72. The summed E-state index contributed by atoms with van der Waals surface area (Å²) in [6.07, 6.45) is 0. The molecule has 0 saturated carbocycles. The summed E-state index contributed by atoms with van der Waals surface area (Å²) in [5, 5.41) is 9.68. The number of benzene rings is 2. The van der Waals surface area contributed by atoms with Crippen molar-refractivity contribution in [3.63, 3.8) is 0 Å². The highest BCUT2D eigenvalue weighted by Gasteiger charge is 2.23. The largest absolute Gasteiger partial charge is 0.292 e. The maximum absolute atomic E-state index is 12.9. The van der Waals surface area contributed by atoms with Crippen molar-refractivity contribution in [1.29, 1.82) is 5.26 Å². The van der Waals surface area contributed by atoms with E-state index in [4.69, 9.17) is 11.6 Å². The predicted octanol–water partition coefficient (Wildman–Crippen LogP) is 4.57. The second kappa shape index (κ2) is 6.33. The Morgan fingerprint density at radius 3 is 2.50 bits per heavy atom. The molecule has 0 spiro atoms. The number of nitrogens with zero attached hydrogens (tertiary/aromatic N) is 1. The van der Waals surface area contributed by atoms with Crippen LogP contribution < -0.4 is 0 Å². The molecule has 0 saturated heterocycles. The van der Waals surface area contributed by atoms with Crippen molar-refractivity contribution in [2.45, 2.75) is 5.92 Å². The Bertz CT molecular complexity index is 694. The van der Waals surface area contributed by atoms with Gasteiger partial charge in [-0.3, -0.25) is 4.79 Å². The van der Waals surface area contributed by atoms with Gasteiger partial charge in [0.05, 0.1) is 6.07 Å². The quantitative estimate of drug-likeness (QED) is 0.560. The van der Waals surface area contributed by atoms with Crippen molar-refractivity contribution < 1.29 is 9.18 Å². The standard InChI is InChI=1S/C15H8ClFINO/c16-10-3-6-14(18)12(7-10)15(20)13(8-19)9-1-4-11(17)5-2-9/h1-7,13H. The van der Waals surface area contributed by atoms with Crippen LogP contribution in [0.25, 0.3) is 0 Å². The first kappa shape index (κ1) is 14.9. The van der Waals surface area contributed by atoms with Gasteiger partial charge in [-0.05, 0) is 58.5 Å². The minimum Gasteiger partial charge on any atom is -0.292 e. The Hall–Kier alpha value is -1.45. The van der Waals surface area contributed by atoms with Gasteiger partial charge in [0.1, 0.15) is 11.7 Å². The van der Waals surface area contributed by atoms with Gasteiger partial charge in [0.15, 0.2) is 5.78 Å². The zero-order valence-corrected chi connectivity index (χ0v) is 13.0. The van der Waals surface area contributed by atoms with E-state index in [1.807, 2.05) is 28.7 Å². The average Bonchev–Trinajstić information content (AvgIpc) is 2.44. The van der Waals surface area contributed by atoms with E-state index >= 15 is 0 Å². The fourth-order valence-corrected chi connectivity index (χ4v) is 2.55. The average molecular weight is 400 g/mol. The number of carbonyl (C=O) groups is 1. The van der Waals surface area contributed by atoms with E-state index < -0.39 is 11.7 Å². The smallest absolute Gasteiger partial charge is 0.185 e. The number of halogens is 3. The molecule has 0 amide bonds. The molecule has 0 aromatic heterocycles. The van der Waals surface area contributed by atoms with Gasteiger partial charge in [0.2, 0.25) is 0 Å². The lowest BCUT2D eigenvalue weighted by molar-refractivity contribution is 0.0978. The van der Waals surface area contributed by atoms with Crippen LogP contribution in [0, 0.1) is 20.7 Å². The maximum atomic E-state index is 12.9. The molecule has 2 nitrogen and oxygen atoms in total. The van der Waals surface area contributed by atoms with E-state index in [0.717, 1.165) is 3.57 Å². The van der Waals surface area contributed by atoms with Gasteiger partial charge in [0.25, 0.3) is 0 Å². The molecule has 2 aromatic rings. The SMILES string of the molecule is N#CC(C(=O)c1cc(Cl)ccc1I)c1ccc(F)cc1. The van der Waals surface area contributed by atoms with Gasteiger partial charge in [-0.15, -0.1) is 0 Å². The van der Waals surface area contributed by atoms with Crippen LogP contribution in [0.15, 0.2) is 42.5 Å². The molecule has 0 aliphatic rings. The summed E-state index contributed by atoms with van der Waals surface area (Å²) < 4.78 is 13.6. The molecule has 0 N–H and O–H groups in total. The highest BCUT2D eigenvalue weighted by molar-refractivity contribution is 14.1. The zero-order chi connectivity index (χ0) is 14.7. The fourth-order valence-electron chi connectivity index (χ4n) is 1.78. The molecule has 0 fully saturated rings. The van der Waals surface area contributed by atoms with Crippen LogP contribution in [0.5, 0.6) is 0 Å². The number of Topliss-reactive ketones (excluding diaryl/α,β-unsaturated/α-hetero) is 1. The number of ketones is 1. The molecule has 100 valence electrons. The lowest BCUT2D eigenvalue weighted by atomic mass is 9.92. The van der Waals surface area contributed by atoms with E-state index in [1.165, 1.54) is 24.3 Å². The Morgan fingerprint density at radius 1 is 1.25 bits per heavy atom. The first-order valence-electron chi connectivity index (χ1n) is 5.67. The number of carbonyl (C=O) groups excluding carboxylic acids is 1. The van der Waals surface area contributed by atoms with Crippen molar-refractivity contribution in [3.05, 3.63) is 68.0 Å². The highest BCUT2D eigenvalue weighted by atomic mass is 127. The van der Waals surface area contributed by atoms with Crippen LogP contribution in [0.4, 0.5) is 4.39 Å². The third-order valence-corrected chi connectivity index (χ3v) is 3.96. The molecule has 5 heteroatoms. The van der Waals surface area contributed by atoms with Gasteiger partial charge in [-0.25, -0.2) is 4.39 Å². The Labute approximate surface area is 134 Å². The molecule has 0 bridgehead atoms. The lowest BCUT2D eigenvalue weighted by Gasteiger charge is -2.10. The third kappa shape index (κ3) is 3.17. The number of nitriles is 1. The molecule has 2 aromatic carbocycles. The van der Waals surface area contributed by atoms with Gasteiger partial charge in [-0.2, -0.15) is 5.26 Å². The van der Waals surface area contributed by atoms with Crippen LogP contribution >= 0.6 is 34.2 Å². The maximum Gasteiger partial charge on any atom is 0.185 e. The molecule has 0 heterocycles. The lowest BCUT2D eigenvalue weighted by Crippen LogP contribution is -2.12. The van der Waals surface area contributed by atoms with Gasteiger partial charge < -0.3 is 0 Å². The second-order valence-electron chi connectivity index (χ2n) is 4.10. The normalized spacial score (nSPS) is 11.7. The van der Waals surface area contributed by atoms with Crippen LogP contribution in [-0.4, -0.2) is 5.78 Å². The molecule has 0 radical (unpaired) electrons. The fraction of sp³-hybridized carbons (Fsp3) is 0.0667. The first-order chi connectivity index (χ1) is 9.52. The Morgan fingerprint density at radius 2 is 1.90 bits per heavy atom. The first-order valence-corrected chi connectivity index (χ1v) is 7.13. The van der Waals surface area contributed by atoms with E-state index in [0.29, 0.717) is 16.1 Å². The summed E-state index contributed by atoms with van der Waals surface area (Å²) in [5.41, 5.74) is 0.864. The number of hydrogen-bond acceptors (Lipinski definition) is 2. The molecule has 20 heavy (non-hydrogen) atoms. The third-order valence-electron chi connectivity index (χ3n) is 2.79. The van der Waals surface area contributed by atoms with Crippen molar-refractivity contribution >= 4 is 40.0 Å². The highest BCUT2D eigenvalue weighted by Crippen LogP contribution is 2.25. The minimum absolute atomic E-state index is 0.342. The van der Waals surface area contributed by atoms with Crippen LogP contribution in [0.3, 0.4) is 0 Å². The molecular weight excluding hydrogens is 392 g/mol. The molecule has 0 aliphatic heterocycles. The van der Waals surface area contributed by atoms with Crippen LogP contribution in [0.2, 0.25) is 5.02 Å². The van der Waals surface area contributed by atoms with E-state index in [-0.39, 0.29) is 5.78 Å². The zero-order valence-electron chi connectivity index (χ0n) is 10.1. The Kier molecular flexibility index (Phi) is 4.73. The monoisotopic (exact) mass is 399 g/mol. The van der Waals surface area contributed by atoms with Gasteiger partial charge >= 0.3 is 0 Å². The Balaban J connectivity index is 2.42. The second-order valence-corrected chi connectivity index (χ2v) is 5.70. The predicted molar refractivity (Wildman–Crippen MR) is 83.3 cm³/mol. The van der Waals surface area contributed by atoms with Crippen molar-refractivity contribution in [3.8, 4) is 6.07 Å². The van der Waals surface area contributed by atoms with Crippen molar-refractivity contribution in [2.75, 3.05) is 0 Å². The van der Waals surface area contributed by atoms with E-state index in [2.05, 4.69) is 0 Å². The van der Waals surface area contributed by atoms with Crippen LogP contribution in [0.1, 0.15) is 21.8 Å². The summed E-state index contributed by atoms with van der Waals surface area (Å²) in [6, 6.07) is 12.3. The minimum atomic E-state index is -0.970. The van der Waals surface area contributed by atoms with Crippen molar-refractivity contribution in [1.82, 2.24) is 0 Å². The van der Waals surface area contributed by atoms with Gasteiger partial charge in [-0.1, -0.05) is 23.7 Å². The number of hydrogen-bond donors (Lipinski definition) is 0. The van der Waals surface area contributed by atoms with Gasteiger partial charge in [0, 0.05) is 14.2 Å². The summed E-state index contributed by atoms with van der Waals surface area (Å²) in [4.78, 5) is 12.5. The van der Waals surface area contributed by atoms with E-state index in [9.17, 15) is 14.4 Å². The van der Waals surface area contributed by atoms with E-state index in [1.54, 1.807) is 18.2 Å². The topological polar surface area (TPSA) is 40.9 Å².